The number of carbonyl (C=O) groups is 1. The van der Waals surface area contributed by atoms with Crippen molar-refractivity contribution < 1.29 is 26.7 Å². The number of halogens is 5. The maximum atomic E-state index is 13.8. The Kier molecular flexibility index (Phi) is 7.63. The fraction of sp³-hybridized carbons (Fsp3) is 0.462. The van der Waals surface area contributed by atoms with Crippen molar-refractivity contribution in [2.45, 2.75) is 31.0 Å². The zero-order chi connectivity index (χ0) is 27.6. The number of piperazine rings is 1. The molecule has 4 heterocycles. The summed E-state index contributed by atoms with van der Waals surface area (Å²) in [6.07, 6.45) is -3.40. The van der Waals surface area contributed by atoms with E-state index in [0.717, 1.165) is 44.4 Å². The number of amides is 1. The highest BCUT2D eigenvalue weighted by Gasteiger charge is 2.38. The minimum Gasteiger partial charge on any atom is -0.354 e. The van der Waals surface area contributed by atoms with Gasteiger partial charge in [-0.05, 0) is 24.3 Å². The van der Waals surface area contributed by atoms with Crippen LogP contribution in [0.15, 0.2) is 42.7 Å². The molecule has 0 bridgehead atoms. The molecule has 2 aliphatic heterocycles. The number of piperidine rings is 1. The van der Waals surface area contributed by atoms with Crippen LogP contribution in [0, 0.1) is 0 Å². The number of aromatic nitrogens is 3. The molecular formula is C26H28F5N7O. The summed E-state index contributed by atoms with van der Waals surface area (Å²) in [6, 6.07) is 8.28. The maximum Gasteiger partial charge on any atom is 0.451 e. The number of likely N-dealkylation sites (tertiary alicyclic amines) is 1. The fourth-order valence-electron chi connectivity index (χ4n) is 4.97. The van der Waals surface area contributed by atoms with Crippen LogP contribution in [0.2, 0.25) is 0 Å². The second kappa shape index (κ2) is 11.0. The predicted octanol–water partition coefficient (Wildman–Crippen LogP) is 3.66. The molecule has 2 aromatic heterocycles. The third-order valence-electron chi connectivity index (χ3n) is 7.14. The first kappa shape index (κ1) is 27.1. The highest BCUT2D eigenvalue weighted by molar-refractivity contribution is 6.06. The summed E-state index contributed by atoms with van der Waals surface area (Å²) in [5.41, 5.74) is 1.35. The summed E-state index contributed by atoms with van der Waals surface area (Å²) in [5, 5.41) is 6.79. The minimum atomic E-state index is -4.71. The molecule has 0 unspecified atom stereocenters. The second-order valence-electron chi connectivity index (χ2n) is 9.73. The van der Waals surface area contributed by atoms with Gasteiger partial charge in [-0.15, -0.1) is 0 Å². The normalized spacial score (nSPS) is 19.2. The number of pyridine rings is 1. The molecule has 39 heavy (non-hydrogen) atoms. The molecule has 0 spiro atoms. The molecule has 13 heteroatoms. The van der Waals surface area contributed by atoms with E-state index in [9.17, 15) is 26.7 Å². The zero-order valence-corrected chi connectivity index (χ0v) is 21.0. The molecular weight excluding hydrogens is 521 g/mol. The van der Waals surface area contributed by atoms with Crippen molar-refractivity contribution in [2.75, 3.05) is 50.7 Å². The largest absolute Gasteiger partial charge is 0.451 e. The Hall–Kier alpha value is -3.45. The number of carbonyl (C=O) groups excluding carboxylic acids is 1. The first-order chi connectivity index (χ1) is 18.6. The Balaban J connectivity index is 1.35. The summed E-state index contributed by atoms with van der Waals surface area (Å²) >= 11 is 0. The quantitative estimate of drug-likeness (QED) is 0.454. The molecule has 0 saturated carbocycles. The highest BCUT2D eigenvalue weighted by atomic mass is 19.4. The Morgan fingerprint density at radius 1 is 1.03 bits per heavy atom. The predicted molar refractivity (Wildman–Crippen MR) is 135 cm³/mol. The van der Waals surface area contributed by atoms with Gasteiger partial charge in [0.2, 0.25) is 5.82 Å². The summed E-state index contributed by atoms with van der Waals surface area (Å²) in [6.45, 7) is 3.39. The molecule has 3 aromatic rings. The number of hydrogen-bond acceptors (Lipinski definition) is 7. The Labute approximate surface area is 221 Å². The number of rotatable bonds is 6. The van der Waals surface area contributed by atoms with Crippen LogP contribution >= 0.6 is 0 Å². The average molecular weight is 550 g/mol. The van der Waals surface area contributed by atoms with Crippen LogP contribution in [-0.4, -0.2) is 77.5 Å². The van der Waals surface area contributed by atoms with E-state index in [-0.39, 0.29) is 32.5 Å². The minimum absolute atomic E-state index is 0.0154. The van der Waals surface area contributed by atoms with Crippen molar-refractivity contribution in [3.8, 4) is 0 Å². The van der Waals surface area contributed by atoms with Gasteiger partial charge in [-0.3, -0.25) is 9.69 Å². The fourth-order valence-corrected chi connectivity index (χ4v) is 4.97. The molecule has 2 N–H and O–H groups in total. The van der Waals surface area contributed by atoms with Crippen LogP contribution in [0.1, 0.15) is 40.6 Å². The summed E-state index contributed by atoms with van der Waals surface area (Å²) < 4.78 is 66.5. The van der Waals surface area contributed by atoms with Crippen LogP contribution < -0.4 is 15.5 Å². The van der Waals surface area contributed by atoms with Gasteiger partial charge in [0.25, 0.3) is 11.8 Å². The number of alkyl halides is 5. The SMILES string of the molecule is O=C(NC[C@H](c1cnc(C(F)(F)F)nc1)N1CCC(F)(F)CC1)c1cccc2nc(N3CCNCC3)ccc12. The Morgan fingerprint density at radius 3 is 2.38 bits per heavy atom. The summed E-state index contributed by atoms with van der Waals surface area (Å²) in [4.78, 5) is 28.7. The molecule has 2 aliphatic rings. The van der Waals surface area contributed by atoms with Gasteiger partial charge in [0, 0.05) is 87.6 Å². The van der Waals surface area contributed by atoms with Crippen LogP contribution in [0.4, 0.5) is 27.8 Å². The molecule has 1 amide bonds. The van der Waals surface area contributed by atoms with Gasteiger partial charge < -0.3 is 15.5 Å². The van der Waals surface area contributed by atoms with Crippen molar-refractivity contribution in [3.63, 3.8) is 0 Å². The van der Waals surface area contributed by atoms with Gasteiger partial charge in [-0.1, -0.05) is 6.07 Å². The molecule has 208 valence electrons. The van der Waals surface area contributed by atoms with Gasteiger partial charge in [0.05, 0.1) is 11.6 Å². The molecule has 1 atom stereocenters. The van der Waals surface area contributed by atoms with E-state index in [4.69, 9.17) is 4.98 Å². The lowest BCUT2D eigenvalue weighted by molar-refractivity contribution is -0.145. The van der Waals surface area contributed by atoms with Crippen molar-refractivity contribution in [2.24, 2.45) is 0 Å². The van der Waals surface area contributed by atoms with Crippen LogP contribution in [0.3, 0.4) is 0 Å². The van der Waals surface area contributed by atoms with Crippen molar-refractivity contribution >= 4 is 22.6 Å². The lowest BCUT2D eigenvalue weighted by Crippen LogP contribution is -2.45. The maximum absolute atomic E-state index is 13.8. The molecule has 0 radical (unpaired) electrons. The molecule has 5 rings (SSSR count). The van der Waals surface area contributed by atoms with E-state index in [1.807, 2.05) is 18.2 Å². The monoisotopic (exact) mass is 549 g/mol. The third-order valence-corrected chi connectivity index (χ3v) is 7.14. The topological polar surface area (TPSA) is 86.3 Å². The van der Waals surface area contributed by atoms with Crippen molar-refractivity contribution in [3.05, 3.63) is 59.7 Å². The standard InChI is InChI=1S/C26H28F5N7O/c27-25(28)6-10-37(11-7-25)21(17-14-34-24(35-15-17)26(29,30)31)16-33-23(39)19-2-1-3-20-18(19)4-5-22(36-20)38-12-8-32-9-13-38/h1-5,14-15,21,32H,6-13,16H2,(H,33,39)/t21-/m1/s1. The second-order valence-corrected chi connectivity index (χ2v) is 9.73. The van der Waals surface area contributed by atoms with Gasteiger partial charge in [-0.2, -0.15) is 13.2 Å². The van der Waals surface area contributed by atoms with Gasteiger partial charge >= 0.3 is 6.18 Å². The molecule has 8 nitrogen and oxygen atoms in total. The number of hydrogen-bond donors (Lipinski definition) is 2. The first-order valence-electron chi connectivity index (χ1n) is 12.8. The molecule has 2 fully saturated rings. The average Bonchev–Trinajstić information content (AvgIpc) is 2.93. The Morgan fingerprint density at radius 2 is 1.72 bits per heavy atom. The van der Waals surface area contributed by atoms with Crippen LogP contribution in [0.5, 0.6) is 0 Å². The van der Waals surface area contributed by atoms with E-state index in [2.05, 4.69) is 25.5 Å². The summed E-state index contributed by atoms with van der Waals surface area (Å²) in [5.74, 6) is -3.67. The van der Waals surface area contributed by atoms with E-state index >= 15 is 0 Å². The summed E-state index contributed by atoms with van der Waals surface area (Å²) in [7, 11) is 0. The Bertz CT molecular complexity index is 1300. The van der Waals surface area contributed by atoms with E-state index in [1.165, 1.54) is 0 Å². The third kappa shape index (κ3) is 6.25. The number of benzene rings is 1. The molecule has 1 aromatic carbocycles. The highest BCUT2D eigenvalue weighted by Crippen LogP contribution is 2.33. The van der Waals surface area contributed by atoms with Gasteiger partial charge in [0.1, 0.15) is 5.82 Å². The van der Waals surface area contributed by atoms with Crippen LogP contribution in [-0.2, 0) is 6.18 Å². The van der Waals surface area contributed by atoms with E-state index < -0.39 is 29.9 Å². The van der Waals surface area contributed by atoms with E-state index in [0.29, 0.717) is 22.0 Å². The molecule has 0 aliphatic carbocycles. The first-order valence-corrected chi connectivity index (χ1v) is 12.8. The number of nitrogens with zero attached hydrogens (tertiary/aromatic N) is 5. The van der Waals surface area contributed by atoms with Crippen molar-refractivity contribution in [1.29, 1.82) is 0 Å². The number of anilines is 1. The van der Waals surface area contributed by atoms with Crippen molar-refractivity contribution in [1.82, 2.24) is 30.5 Å². The smallest absolute Gasteiger partial charge is 0.354 e. The van der Waals surface area contributed by atoms with E-state index in [1.54, 1.807) is 17.0 Å². The lowest BCUT2D eigenvalue weighted by atomic mass is 10.0. The number of nitrogens with one attached hydrogen (secondary N) is 2. The number of fused-ring (bicyclic) bond motifs is 1. The molecule has 2 saturated heterocycles. The van der Waals surface area contributed by atoms with Gasteiger partial charge in [0.15, 0.2) is 0 Å². The zero-order valence-electron chi connectivity index (χ0n) is 21.0. The van der Waals surface area contributed by atoms with Crippen LogP contribution in [0.25, 0.3) is 10.9 Å². The lowest BCUT2D eigenvalue weighted by Gasteiger charge is -2.37. The van der Waals surface area contributed by atoms with Gasteiger partial charge in [-0.25, -0.2) is 23.7 Å².